The highest BCUT2D eigenvalue weighted by molar-refractivity contribution is 7.89. The zero-order chi connectivity index (χ0) is 24.7. The molecule has 3 amide bonds. The van der Waals surface area contributed by atoms with E-state index < -0.39 is 22.0 Å². The first kappa shape index (κ1) is 25.4. The SMILES string of the molecule is CC(=O)Nc1ccc(S(=O)(=O)N[C@@H](C)C(=O)Nc2ccc(C(=O)N3CCCCCC3)cc2)cc1. The minimum Gasteiger partial charge on any atom is -0.339 e. The largest absolute Gasteiger partial charge is 0.339 e. The van der Waals surface area contributed by atoms with Gasteiger partial charge in [-0.05, 0) is 68.3 Å². The number of sulfonamides is 1. The molecule has 0 radical (unpaired) electrons. The zero-order valence-electron chi connectivity index (χ0n) is 19.3. The molecule has 1 aliphatic heterocycles. The van der Waals surface area contributed by atoms with Gasteiger partial charge in [0.25, 0.3) is 5.91 Å². The summed E-state index contributed by atoms with van der Waals surface area (Å²) in [5.41, 5.74) is 1.48. The van der Waals surface area contributed by atoms with Crippen LogP contribution in [0.1, 0.15) is 49.9 Å². The van der Waals surface area contributed by atoms with Gasteiger partial charge in [0, 0.05) is 37.0 Å². The Balaban J connectivity index is 1.58. The number of nitrogens with zero attached hydrogens (tertiary/aromatic N) is 1. The molecule has 10 heteroatoms. The maximum atomic E-state index is 12.7. The van der Waals surface area contributed by atoms with E-state index in [0.29, 0.717) is 16.9 Å². The topological polar surface area (TPSA) is 125 Å². The predicted molar refractivity (Wildman–Crippen MR) is 130 cm³/mol. The van der Waals surface area contributed by atoms with E-state index in [1.165, 1.54) is 38.1 Å². The molecule has 2 aromatic carbocycles. The Morgan fingerprint density at radius 2 is 1.35 bits per heavy atom. The van der Waals surface area contributed by atoms with Gasteiger partial charge in [-0.25, -0.2) is 8.42 Å². The number of carbonyl (C=O) groups excluding carboxylic acids is 3. The molecule has 0 aromatic heterocycles. The molecule has 0 bridgehead atoms. The Labute approximate surface area is 200 Å². The number of likely N-dealkylation sites (tertiary alicyclic amines) is 1. The lowest BCUT2D eigenvalue weighted by Crippen LogP contribution is -2.41. The summed E-state index contributed by atoms with van der Waals surface area (Å²) in [6, 6.07) is 11.2. The van der Waals surface area contributed by atoms with Crippen LogP contribution in [0.25, 0.3) is 0 Å². The van der Waals surface area contributed by atoms with Gasteiger partial charge in [-0.1, -0.05) is 12.8 Å². The number of anilines is 2. The minimum absolute atomic E-state index is 0.0228. The highest BCUT2D eigenvalue weighted by Crippen LogP contribution is 2.17. The molecule has 0 saturated carbocycles. The molecule has 3 N–H and O–H groups in total. The van der Waals surface area contributed by atoms with Crippen LogP contribution < -0.4 is 15.4 Å². The van der Waals surface area contributed by atoms with Gasteiger partial charge in [0.1, 0.15) is 0 Å². The smallest absolute Gasteiger partial charge is 0.253 e. The lowest BCUT2D eigenvalue weighted by Gasteiger charge is -2.20. The Bertz CT molecular complexity index is 1120. The fourth-order valence-corrected chi connectivity index (χ4v) is 4.88. The highest BCUT2D eigenvalue weighted by Gasteiger charge is 2.23. The summed E-state index contributed by atoms with van der Waals surface area (Å²) in [6.07, 6.45) is 4.29. The van der Waals surface area contributed by atoms with Crippen LogP contribution in [0.3, 0.4) is 0 Å². The van der Waals surface area contributed by atoms with E-state index in [0.717, 1.165) is 38.8 Å². The van der Waals surface area contributed by atoms with Crippen LogP contribution in [0.15, 0.2) is 53.4 Å². The molecule has 34 heavy (non-hydrogen) atoms. The predicted octanol–water partition coefficient (Wildman–Crippen LogP) is 2.97. The summed E-state index contributed by atoms with van der Waals surface area (Å²) >= 11 is 0. The van der Waals surface area contributed by atoms with E-state index in [1.54, 1.807) is 24.3 Å². The van der Waals surface area contributed by atoms with Crippen LogP contribution in [0, 0.1) is 0 Å². The van der Waals surface area contributed by atoms with Crippen molar-refractivity contribution >= 4 is 39.1 Å². The Morgan fingerprint density at radius 3 is 1.91 bits per heavy atom. The van der Waals surface area contributed by atoms with E-state index in [2.05, 4.69) is 15.4 Å². The van der Waals surface area contributed by atoms with Gasteiger partial charge < -0.3 is 15.5 Å². The average molecular weight is 487 g/mol. The number of amides is 3. The molecular weight excluding hydrogens is 456 g/mol. The Hall–Kier alpha value is -3.24. The molecule has 9 nitrogen and oxygen atoms in total. The maximum Gasteiger partial charge on any atom is 0.253 e. The van der Waals surface area contributed by atoms with Crippen LogP contribution in [-0.4, -0.2) is 50.2 Å². The van der Waals surface area contributed by atoms with Crippen molar-refractivity contribution in [1.29, 1.82) is 0 Å². The molecule has 1 aliphatic rings. The summed E-state index contributed by atoms with van der Waals surface area (Å²) < 4.78 is 27.6. The molecule has 1 fully saturated rings. The van der Waals surface area contributed by atoms with Crippen LogP contribution in [0.2, 0.25) is 0 Å². The van der Waals surface area contributed by atoms with E-state index in [-0.39, 0.29) is 16.7 Å². The van der Waals surface area contributed by atoms with Crippen molar-refractivity contribution in [3.05, 3.63) is 54.1 Å². The van der Waals surface area contributed by atoms with Crippen LogP contribution >= 0.6 is 0 Å². The number of hydrogen-bond acceptors (Lipinski definition) is 5. The van der Waals surface area contributed by atoms with Crippen molar-refractivity contribution in [3.63, 3.8) is 0 Å². The summed E-state index contributed by atoms with van der Waals surface area (Å²) in [5.74, 6) is -0.825. The van der Waals surface area contributed by atoms with Gasteiger partial charge >= 0.3 is 0 Å². The number of hydrogen-bond donors (Lipinski definition) is 3. The Kier molecular flexibility index (Phi) is 8.41. The van der Waals surface area contributed by atoms with Gasteiger partial charge in [-0.15, -0.1) is 0 Å². The normalized spacial score (nSPS) is 15.2. The van der Waals surface area contributed by atoms with Crippen LogP contribution in [0.5, 0.6) is 0 Å². The fraction of sp³-hybridized carbons (Fsp3) is 0.375. The number of nitrogens with one attached hydrogen (secondary N) is 3. The van der Waals surface area contributed by atoms with E-state index in [4.69, 9.17) is 0 Å². The van der Waals surface area contributed by atoms with Crippen molar-refractivity contribution in [2.24, 2.45) is 0 Å². The van der Waals surface area contributed by atoms with Crippen molar-refractivity contribution in [2.75, 3.05) is 23.7 Å². The van der Waals surface area contributed by atoms with E-state index in [9.17, 15) is 22.8 Å². The molecular formula is C24H30N4O5S. The molecule has 0 unspecified atom stereocenters. The molecule has 182 valence electrons. The van der Waals surface area contributed by atoms with Crippen molar-refractivity contribution < 1.29 is 22.8 Å². The van der Waals surface area contributed by atoms with Crippen molar-refractivity contribution in [3.8, 4) is 0 Å². The zero-order valence-corrected chi connectivity index (χ0v) is 20.2. The minimum atomic E-state index is -3.95. The average Bonchev–Trinajstić information content (AvgIpc) is 3.08. The van der Waals surface area contributed by atoms with Crippen LogP contribution in [0.4, 0.5) is 11.4 Å². The van der Waals surface area contributed by atoms with Crippen molar-refractivity contribution in [1.82, 2.24) is 9.62 Å². The third kappa shape index (κ3) is 6.88. The van der Waals surface area contributed by atoms with E-state index >= 15 is 0 Å². The van der Waals surface area contributed by atoms with Crippen molar-refractivity contribution in [2.45, 2.75) is 50.5 Å². The van der Waals surface area contributed by atoms with Gasteiger partial charge in [0.2, 0.25) is 21.8 Å². The third-order valence-corrected chi connectivity index (χ3v) is 7.06. The summed E-state index contributed by atoms with van der Waals surface area (Å²) in [6.45, 7) is 4.30. The standard InChI is InChI=1S/C24H30N4O5S/c1-17(27-34(32,33)22-13-11-20(12-14-22)25-18(2)29)23(30)26-21-9-7-19(8-10-21)24(31)28-15-5-3-4-6-16-28/h7-14,17,27H,3-6,15-16H2,1-2H3,(H,25,29)(H,26,30)/t17-/m0/s1. The van der Waals surface area contributed by atoms with Crippen LogP contribution in [-0.2, 0) is 19.6 Å². The molecule has 1 atom stereocenters. The highest BCUT2D eigenvalue weighted by atomic mass is 32.2. The lowest BCUT2D eigenvalue weighted by atomic mass is 10.1. The molecule has 0 aliphatic carbocycles. The number of benzene rings is 2. The number of rotatable bonds is 7. The molecule has 1 saturated heterocycles. The third-order valence-electron chi connectivity index (χ3n) is 5.50. The monoisotopic (exact) mass is 486 g/mol. The summed E-state index contributed by atoms with van der Waals surface area (Å²) in [7, 11) is -3.95. The lowest BCUT2D eigenvalue weighted by molar-refractivity contribution is -0.117. The Morgan fingerprint density at radius 1 is 0.824 bits per heavy atom. The van der Waals surface area contributed by atoms with Gasteiger partial charge in [-0.2, -0.15) is 4.72 Å². The van der Waals surface area contributed by atoms with Gasteiger partial charge in [0.05, 0.1) is 10.9 Å². The number of carbonyl (C=O) groups is 3. The first-order valence-corrected chi connectivity index (χ1v) is 12.7. The molecule has 1 heterocycles. The van der Waals surface area contributed by atoms with Gasteiger partial charge in [-0.3, -0.25) is 14.4 Å². The second kappa shape index (κ2) is 11.3. The summed E-state index contributed by atoms with van der Waals surface area (Å²) in [5, 5.41) is 5.22. The van der Waals surface area contributed by atoms with E-state index in [1.807, 2.05) is 4.90 Å². The molecule has 0 spiro atoms. The van der Waals surface area contributed by atoms with Gasteiger partial charge in [0.15, 0.2) is 0 Å². The fourth-order valence-electron chi connectivity index (χ4n) is 3.68. The second-order valence-electron chi connectivity index (χ2n) is 8.32. The molecule has 2 aromatic rings. The molecule has 3 rings (SSSR count). The quantitative estimate of drug-likeness (QED) is 0.555. The summed E-state index contributed by atoms with van der Waals surface area (Å²) in [4.78, 5) is 38.2. The maximum absolute atomic E-state index is 12.7. The second-order valence-corrected chi connectivity index (χ2v) is 10.0. The first-order valence-electron chi connectivity index (χ1n) is 11.3. The first-order chi connectivity index (χ1) is 16.2.